The highest BCUT2D eigenvalue weighted by atomic mass is 127. The molecule has 6 nitrogen and oxygen atoms in total. The second kappa shape index (κ2) is 7.71. The van der Waals surface area contributed by atoms with Crippen molar-refractivity contribution in [2.75, 3.05) is 6.61 Å². The smallest absolute Gasteiger partial charge is 0.150 e. The summed E-state index contributed by atoms with van der Waals surface area (Å²) in [5.74, 6) is 0.835. The van der Waals surface area contributed by atoms with E-state index in [0.29, 0.717) is 0 Å². The largest absolute Gasteiger partial charge is 0.485 e. The molecule has 1 fully saturated rings. The minimum Gasteiger partial charge on any atom is -0.485 e. The van der Waals surface area contributed by atoms with E-state index in [1.807, 2.05) is 30.7 Å². The Morgan fingerprint density at radius 2 is 2.15 bits per heavy atom. The minimum absolute atomic E-state index is 0.00586. The van der Waals surface area contributed by atoms with Gasteiger partial charge in [0.1, 0.15) is 15.6 Å². The van der Waals surface area contributed by atoms with Crippen molar-refractivity contribution < 1.29 is 9.47 Å². The molecule has 3 aromatic rings. The normalized spacial score (nSPS) is 18.6. The highest BCUT2D eigenvalue weighted by Crippen LogP contribution is 2.36. The SMILES string of the molecule is Cc1cnnc(C)c1[C@@H](C)Oc1cccc2c1c(I)nn2C1CCCCO1. The Bertz CT molecular complexity index is 946. The second-order valence-electron chi connectivity index (χ2n) is 6.99. The lowest BCUT2D eigenvalue weighted by Crippen LogP contribution is -2.19. The van der Waals surface area contributed by atoms with E-state index >= 15 is 0 Å². The van der Waals surface area contributed by atoms with Gasteiger partial charge in [0.2, 0.25) is 0 Å². The Labute approximate surface area is 172 Å². The first kappa shape index (κ1) is 18.6. The average molecular weight is 478 g/mol. The van der Waals surface area contributed by atoms with Gasteiger partial charge in [0.25, 0.3) is 0 Å². The molecule has 1 aliphatic rings. The summed E-state index contributed by atoms with van der Waals surface area (Å²) in [5, 5.41) is 14.0. The molecule has 0 amide bonds. The molecule has 2 atom stereocenters. The molecule has 1 aromatic carbocycles. The third-order valence-electron chi connectivity index (χ3n) is 5.07. The topological polar surface area (TPSA) is 62.1 Å². The Morgan fingerprint density at radius 3 is 2.89 bits per heavy atom. The van der Waals surface area contributed by atoms with Crippen molar-refractivity contribution in [2.24, 2.45) is 0 Å². The zero-order chi connectivity index (χ0) is 19.0. The van der Waals surface area contributed by atoms with Gasteiger partial charge in [-0.1, -0.05) is 6.07 Å². The number of nitrogens with zero attached hydrogens (tertiary/aromatic N) is 4. The standard InChI is InChI=1S/C20H23IN4O2/c1-12-11-22-23-13(2)18(12)14(3)27-16-8-6-7-15-19(16)20(21)24-25(15)17-9-4-5-10-26-17/h6-8,11,14,17H,4-5,9-10H2,1-3H3/t14-,17?/m1/s1. The van der Waals surface area contributed by atoms with Crippen LogP contribution >= 0.6 is 22.6 Å². The summed E-state index contributed by atoms with van der Waals surface area (Å²) in [6.07, 6.45) is 4.95. The van der Waals surface area contributed by atoms with Crippen LogP contribution in [-0.4, -0.2) is 26.6 Å². The molecular weight excluding hydrogens is 455 g/mol. The monoisotopic (exact) mass is 478 g/mol. The fourth-order valence-corrected chi connectivity index (χ4v) is 4.60. The van der Waals surface area contributed by atoms with Gasteiger partial charge in [0.15, 0.2) is 6.23 Å². The maximum atomic E-state index is 6.39. The van der Waals surface area contributed by atoms with Crippen LogP contribution in [0.1, 0.15) is 55.3 Å². The quantitative estimate of drug-likeness (QED) is 0.500. The van der Waals surface area contributed by atoms with Crippen molar-refractivity contribution in [1.82, 2.24) is 20.0 Å². The highest BCUT2D eigenvalue weighted by Gasteiger charge is 2.23. The van der Waals surface area contributed by atoms with Crippen molar-refractivity contribution in [3.8, 4) is 5.75 Å². The Kier molecular flexibility index (Phi) is 5.32. The van der Waals surface area contributed by atoms with E-state index in [0.717, 1.165) is 56.6 Å². The molecule has 1 unspecified atom stereocenters. The number of rotatable bonds is 4. The zero-order valence-electron chi connectivity index (χ0n) is 15.8. The lowest BCUT2D eigenvalue weighted by Gasteiger charge is -2.23. The van der Waals surface area contributed by atoms with Gasteiger partial charge in [0.05, 0.1) is 22.8 Å². The van der Waals surface area contributed by atoms with Gasteiger partial charge in [0, 0.05) is 12.2 Å². The summed E-state index contributed by atoms with van der Waals surface area (Å²) in [5.41, 5.74) is 4.12. The number of ether oxygens (including phenoxy) is 2. The van der Waals surface area contributed by atoms with Gasteiger partial charge >= 0.3 is 0 Å². The van der Waals surface area contributed by atoms with Crippen LogP contribution in [-0.2, 0) is 4.74 Å². The fourth-order valence-electron chi connectivity index (χ4n) is 3.83. The first-order valence-electron chi connectivity index (χ1n) is 9.30. The van der Waals surface area contributed by atoms with E-state index in [4.69, 9.17) is 14.6 Å². The average Bonchev–Trinajstić information content (AvgIpc) is 3.00. The van der Waals surface area contributed by atoms with Crippen LogP contribution in [0.2, 0.25) is 0 Å². The highest BCUT2D eigenvalue weighted by molar-refractivity contribution is 14.1. The van der Waals surface area contributed by atoms with Crippen LogP contribution in [0.3, 0.4) is 0 Å². The Hall–Kier alpha value is -1.74. The van der Waals surface area contributed by atoms with Crippen LogP contribution < -0.4 is 4.74 Å². The van der Waals surface area contributed by atoms with E-state index in [-0.39, 0.29) is 12.3 Å². The zero-order valence-corrected chi connectivity index (χ0v) is 17.9. The maximum Gasteiger partial charge on any atom is 0.150 e. The van der Waals surface area contributed by atoms with E-state index in [1.165, 1.54) is 6.42 Å². The predicted octanol–water partition coefficient (Wildman–Crippen LogP) is 4.89. The lowest BCUT2D eigenvalue weighted by molar-refractivity contribution is -0.0368. The maximum absolute atomic E-state index is 6.39. The molecular formula is C20H23IN4O2. The van der Waals surface area contributed by atoms with Crippen molar-refractivity contribution in [1.29, 1.82) is 0 Å². The van der Waals surface area contributed by atoms with Crippen LogP contribution in [0, 0.1) is 17.5 Å². The minimum atomic E-state index is -0.129. The van der Waals surface area contributed by atoms with Gasteiger partial charge in [-0.15, -0.1) is 0 Å². The first-order valence-corrected chi connectivity index (χ1v) is 10.4. The molecule has 142 valence electrons. The van der Waals surface area contributed by atoms with Crippen molar-refractivity contribution in [2.45, 2.75) is 52.4 Å². The number of hydrogen-bond donors (Lipinski definition) is 0. The summed E-state index contributed by atoms with van der Waals surface area (Å²) in [6, 6.07) is 6.12. The third-order valence-corrected chi connectivity index (χ3v) is 5.82. The molecule has 0 radical (unpaired) electrons. The van der Waals surface area contributed by atoms with Crippen molar-refractivity contribution in [3.05, 3.63) is 44.9 Å². The van der Waals surface area contributed by atoms with Crippen LogP contribution in [0.5, 0.6) is 5.75 Å². The van der Waals surface area contributed by atoms with E-state index in [1.54, 1.807) is 6.20 Å². The van der Waals surface area contributed by atoms with Crippen molar-refractivity contribution in [3.63, 3.8) is 0 Å². The van der Waals surface area contributed by atoms with Crippen LogP contribution in [0.4, 0.5) is 0 Å². The van der Waals surface area contributed by atoms with E-state index in [9.17, 15) is 0 Å². The Morgan fingerprint density at radius 1 is 1.30 bits per heavy atom. The van der Waals surface area contributed by atoms with Crippen LogP contribution in [0.25, 0.3) is 10.9 Å². The molecule has 4 rings (SSSR count). The molecule has 27 heavy (non-hydrogen) atoms. The molecule has 7 heteroatoms. The van der Waals surface area contributed by atoms with Gasteiger partial charge in [-0.2, -0.15) is 15.3 Å². The first-order chi connectivity index (χ1) is 13.1. The van der Waals surface area contributed by atoms with Gasteiger partial charge in [-0.3, -0.25) is 0 Å². The number of benzene rings is 1. The molecule has 0 spiro atoms. The summed E-state index contributed by atoms with van der Waals surface area (Å²) < 4.78 is 15.3. The number of fused-ring (bicyclic) bond motifs is 1. The molecule has 1 saturated heterocycles. The lowest BCUT2D eigenvalue weighted by atomic mass is 10.1. The van der Waals surface area contributed by atoms with E-state index in [2.05, 4.69) is 45.8 Å². The van der Waals surface area contributed by atoms with E-state index < -0.39 is 0 Å². The summed E-state index contributed by atoms with van der Waals surface area (Å²) in [6.45, 7) is 6.86. The van der Waals surface area contributed by atoms with Gasteiger partial charge < -0.3 is 9.47 Å². The molecule has 0 saturated carbocycles. The number of hydrogen-bond acceptors (Lipinski definition) is 5. The summed E-state index contributed by atoms with van der Waals surface area (Å²) in [4.78, 5) is 0. The predicted molar refractivity (Wildman–Crippen MR) is 112 cm³/mol. The third kappa shape index (κ3) is 3.54. The fraction of sp³-hybridized carbons (Fsp3) is 0.450. The number of aromatic nitrogens is 4. The van der Waals surface area contributed by atoms with Crippen LogP contribution in [0.15, 0.2) is 24.4 Å². The van der Waals surface area contributed by atoms with Gasteiger partial charge in [-0.05, 0) is 80.3 Å². The Balaban J connectivity index is 1.71. The molecule has 0 bridgehead atoms. The molecule has 0 aliphatic carbocycles. The molecule has 0 N–H and O–H groups in total. The number of aryl methyl sites for hydroxylation is 2. The van der Waals surface area contributed by atoms with Crippen molar-refractivity contribution >= 4 is 33.5 Å². The molecule has 3 heterocycles. The second-order valence-corrected chi connectivity index (χ2v) is 8.02. The molecule has 2 aromatic heterocycles. The molecule has 1 aliphatic heterocycles. The summed E-state index contributed by atoms with van der Waals surface area (Å²) >= 11 is 2.29. The summed E-state index contributed by atoms with van der Waals surface area (Å²) in [7, 11) is 0. The number of halogens is 1. The van der Waals surface area contributed by atoms with Gasteiger partial charge in [-0.25, -0.2) is 4.68 Å².